The maximum absolute atomic E-state index is 11.8. The molecule has 0 unspecified atom stereocenters. The van der Waals surface area contributed by atoms with E-state index in [1.54, 1.807) is 0 Å². The van der Waals surface area contributed by atoms with Gasteiger partial charge in [-0.05, 0) is 42.0 Å². The van der Waals surface area contributed by atoms with Crippen molar-refractivity contribution in [2.24, 2.45) is 5.41 Å². The van der Waals surface area contributed by atoms with Crippen molar-refractivity contribution in [3.05, 3.63) is 54.1 Å². The Balaban J connectivity index is 1.88. The number of carbonyl (C=O) groups excluding carboxylic acids is 1. The minimum absolute atomic E-state index is 0.00689. The van der Waals surface area contributed by atoms with Crippen molar-refractivity contribution in [2.75, 3.05) is 0 Å². The number of ketones is 1. The smallest absolute Gasteiger partial charge is 0.162 e. The zero-order chi connectivity index (χ0) is 11.2. The van der Waals surface area contributed by atoms with Crippen LogP contribution in [0.4, 0.5) is 0 Å². The molecule has 0 N–H and O–H groups in total. The maximum Gasteiger partial charge on any atom is 0.162 e. The van der Waals surface area contributed by atoms with Gasteiger partial charge >= 0.3 is 0 Å². The quantitative estimate of drug-likeness (QED) is 0.731. The third kappa shape index (κ3) is 1.35. The van der Waals surface area contributed by atoms with Gasteiger partial charge in [-0.15, -0.1) is 0 Å². The summed E-state index contributed by atoms with van der Waals surface area (Å²) in [5.41, 5.74) is 3.26. The van der Waals surface area contributed by atoms with E-state index in [4.69, 9.17) is 0 Å². The van der Waals surface area contributed by atoms with Gasteiger partial charge in [0.05, 0.1) is 0 Å². The largest absolute Gasteiger partial charge is 0.294 e. The van der Waals surface area contributed by atoms with Crippen LogP contribution >= 0.6 is 0 Å². The molecule has 80 valence electrons. The van der Waals surface area contributed by atoms with Crippen LogP contribution in [0.1, 0.15) is 24.8 Å². The van der Waals surface area contributed by atoms with E-state index in [0.29, 0.717) is 5.78 Å². The number of rotatable bonds is 2. The lowest BCUT2D eigenvalue weighted by Gasteiger charge is -2.08. The van der Waals surface area contributed by atoms with Crippen LogP contribution in [0.2, 0.25) is 0 Å². The molecule has 0 amide bonds. The lowest BCUT2D eigenvalue weighted by Crippen LogP contribution is -2.05. The summed E-state index contributed by atoms with van der Waals surface area (Å²) < 4.78 is 0. The molecule has 0 aliphatic heterocycles. The first-order valence-electron chi connectivity index (χ1n) is 5.71. The fraction of sp³-hybridized carbons (Fsp3) is 0.267. The van der Waals surface area contributed by atoms with Crippen molar-refractivity contribution in [3.8, 4) is 0 Å². The van der Waals surface area contributed by atoms with Gasteiger partial charge in [-0.1, -0.05) is 36.9 Å². The molecule has 2 aliphatic carbocycles. The molecule has 1 saturated carbocycles. The van der Waals surface area contributed by atoms with Gasteiger partial charge in [0.2, 0.25) is 0 Å². The fourth-order valence-corrected chi connectivity index (χ4v) is 2.41. The van der Waals surface area contributed by atoms with Gasteiger partial charge in [-0.3, -0.25) is 4.79 Å². The van der Waals surface area contributed by atoms with Crippen molar-refractivity contribution in [2.45, 2.75) is 19.3 Å². The molecule has 2 aliphatic rings. The SMILES string of the molecule is C=C(C1=CC(=O)C2(CC2)C1)c1ccccc1. The summed E-state index contributed by atoms with van der Waals surface area (Å²) in [5, 5.41) is 0. The number of hydrogen-bond donors (Lipinski definition) is 0. The monoisotopic (exact) mass is 210 g/mol. The molecular formula is C15H14O. The molecular weight excluding hydrogens is 196 g/mol. The first-order chi connectivity index (χ1) is 7.71. The number of allylic oxidation sites excluding steroid dienone is 3. The normalized spacial score (nSPS) is 21.0. The average molecular weight is 210 g/mol. The number of benzene rings is 1. The third-order valence-electron chi connectivity index (χ3n) is 3.72. The van der Waals surface area contributed by atoms with E-state index in [2.05, 4.69) is 6.58 Å². The van der Waals surface area contributed by atoms with Gasteiger partial charge in [0.15, 0.2) is 5.78 Å². The van der Waals surface area contributed by atoms with Crippen LogP contribution in [0.25, 0.3) is 5.57 Å². The van der Waals surface area contributed by atoms with Gasteiger partial charge in [0.1, 0.15) is 0 Å². The molecule has 0 saturated heterocycles. The summed E-state index contributed by atoms with van der Waals surface area (Å²) in [6, 6.07) is 10.1. The molecule has 1 spiro atoms. The highest BCUT2D eigenvalue weighted by Gasteiger charge is 2.52. The van der Waals surface area contributed by atoms with Crippen molar-refractivity contribution < 1.29 is 4.79 Å². The summed E-state index contributed by atoms with van der Waals surface area (Å²) in [4.78, 5) is 11.8. The second-order valence-corrected chi connectivity index (χ2v) is 4.84. The Labute approximate surface area is 95.5 Å². The lowest BCUT2D eigenvalue weighted by molar-refractivity contribution is -0.118. The number of hydrogen-bond acceptors (Lipinski definition) is 1. The summed E-state index contributed by atoms with van der Waals surface area (Å²) in [5.74, 6) is 0.319. The summed E-state index contributed by atoms with van der Waals surface area (Å²) in [7, 11) is 0. The Morgan fingerprint density at radius 3 is 2.44 bits per heavy atom. The Morgan fingerprint density at radius 1 is 1.19 bits per heavy atom. The molecule has 0 aromatic heterocycles. The highest BCUT2D eigenvalue weighted by molar-refractivity contribution is 6.04. The molecule has 3 rings (SSSR count). The van der Waals surface area contributed by atoms with Crippen molar-refractivity contribution in [1.29, 1.82) is 0 Å². The standard InChI is InChI=1S/C15H14O/c1-11(12-5-3-2-4-6-12)13-9-14(16)15(10-13)7-8-15/h2-6,9H,1,7-8,10H2. The third-order valence-corrected chi connectivity index (χ3v) is 3.72. The van der Waals surface area contributed by atoms with Crippen LogP contribution in [-0.4, -0.2) is 5.78 Å². The van der Waals surface area contributed by atoms with Crippen molar-refractivity contribution >= 4 is 11.4 Å². The molecule has 0 atom stereocenters. The minimum Gasteiger partial charge on any atom is -0.294 e. The van der Waals surface area contributed by atoms with Gasteiger partial charge in [-0.25, -0.2) is 0 Å². The van der Waals surface area contributed by atoms with Crippen LogP contribution in [0.5, 0.6) is 0 Å². The molecule has 0 radical (unpaired) electrons. The molecule has 1 nitrogen and oxygen atoms in total. The minimum atomic E-state index is -0.00689. The zero-order valence-corrected chi connectivity index (χ0v) is 9.20. The summed E-state index contributed by atoms with van der Waals surface area (Å²) in [6.07, 6.45) is 4.84. The number of carbonyl (C=O) groups is 1. The van der Waals surface area contributed by atoms with E-state index < -0.39 is 0 Å². The van der Waals surface area contributed by atoms with E-state index in [0.717, 1.165) is 36.0 Å². The van der Waals surface area contributed by atoms with E-state index >= 15 is 0 Å². The van der Waals surface area contributed by atoms with E-state index in [9.17, 15) is 4.79 Å². The lowest BCUT2D eigenvalue weighted by atomic mass is 9.95. The van der Waals surface area contributed by atoms with Gasteiger partial charge in [0, 0.05) is 5.41 Å². The molecule has 1 fully saturated rings. The Bertz CT molecular complexity index is 489. The first kappa shape index (κ1) is 9.59. The molecule has 0 bridgehead atoms. The van der Waals surface area contributed by atoms with Gasteiger partial charge in [0.25, 0.3) is 0 Å². The van der Waals surface area contributed by atoms with Crippen molar-refractivity contribution in [1.82, 2.24) is 0 Å². The first-order valence-corrected chi connectivity index (χ1v) is 5.71. The van der Waals surface area contributed by atoms with Crippen LogP contribution < -0.4 is 0 Å². The topological polar surface area (TPSA) is 17.1 Å². The molecule has 0 heterocycles. The Morgan fingerprint density at radius 2 is 1.88 bits per heavy atom. The maximum atomic E-state index is 11.8. The highest BCUT2D eigenvalue weighted by Crippen LogP contribution is 2.56. The zero-order valence-electron chi connectivity index (χ0n) is 9.20. The molecule has 1 heteroatoms. The van der Waals surface area contributed by atoms with Gasteiger partial charge < -0.3 is 0 Å². The summed E-state index contributed by atoms with van der Waals surface area (Å²) >= 11 is 0. The van der Waals surface area contributed by atoms with E-state index in [1.807, 2.05) is 36.4 Å². The van der Waals surface area contributed by atoms with E-state index in [1.165, 1.54) is 0 Å². The molecule has 1 aromatic rings. The highest BCUT2D eigenvalue weighted by atomic mass is 16.1. The second-order valence-electron chi connectivity index (χ2n) is 4.84. The average Bonchev–Trinajstić information content (AvgIpc) is 3.01. The van der Waals surface area contributed by atoms with Gasteiger partial charge in [-0.2, -0.15) is 0 Å². The Hall–Kier alpha value is -1.63. The van der Waals surface area contributed by atoms with Crippen LogP contribution in [0, 0.1) is 5.41 Å². The molecule has 1 aromatic carbocycles. The van der Waals surface area contributed by atoms with Crippen LogP contribution in [0.15, 0.2) is 48.6 Å². The summed E-state index contributed by atoms with van der Waals surface area (Å²) in [6.45, 7) is 4.11. The van der Waals surface area contributed by atoms with Crippen molar-refractivity contribution in [3.63, 3.8) is 0 Å². The molecule has 16 heavy (non-hydrogen) atoms. The fourth-order valence-electron chi connectivity index (χ4n) is 2.41. The van der Waals surface area contributed by atoms with Crippen LogP contribution in [-0.2, 0) is 4.79 Å². The van der Waals surface area contributed by atoms with E-state index in [-0.39, 0.29) is 5.41 Å². The van der Waals surface area contributed by atoms with Crippen LogP contribution in [0.3, 0.4) is 0 Å². The Kier molecular flexibility index (Phi) is 1.90. The second kappa shape index (κ2) is 3.18. The predicted molar refractivity (Wildman–Crippen MR) is 64.9 cm³/mol. The predicted octanol–water partition coefficient (Wildman–Crippen LogP) is 3.38.